The van der Waals surface area contributed by atoms with E-state index in [-0.39, 0.29) is 0 Å². The van der Waals surface area contributed by atoms with E-state index in [2.05, 4.69) is 31.9 Å². The maximum absolute atomic E-state index is 12.3. The molecule has 0 saturated carbocycles. The first kappa shape index (κ1) is 20.4. The average molecular weight is 502 g/mol. The summed E-state index contributed by atoms with van der Waals surface area (Å²) in [6.45, 7) is 2.47. The van der Waals surface area contributed by atoms with E-state index < -0.39 is 5.97 Å². The SMILES string of the molecule is CCOc1ccc(Br)cc1/C=C/C(=O)Oc1ccc(-c2ccccc2)cc1Br. The molecule has 0 aliphatic rings. The van der Waals surface area contributed by atoms with Crippen molar-refractivity contribution < 1.29 is 14.3 Å². The molecule has 3 nitrogen and oxygen atoms in total. The van der Waals surface area contributed by atoms with Gasteiger partial charge in [-0.3, -0.25) is 0 Å². The van der Waals surface area contributed by atoms with Gasteiger partial charge in [0, 0.05) is 16.1 Å². The van der Waals surface area contributed by atoms with Gasteiger partial charge in [-0.25, -0.2) is 4.79 Å². The highest BCUT2D eigenvalue weighted by Crippen LogP contribution is 2.31. The minimum absolute atomic E-state index is 0.462. The third-order valence-corrected chi connectivity index (χ3v) is 5.03. The molecule has 0 atom stereocenters. The Hall–Kier alpha value is -2.37. The molecule has 0 spiro atoms. The van der Waals surface area contributed by atoms with Crippen molar-refractivity contribution in [2.75, 3.05) is 6.61 Å². The molecule has 0 aliphatic carbocycles. The number of halogens is 2. The number of carbonyl (C=O) groups is 1. The Morgan fingerprint density at radius 2 is 1.68 bits per heavy atom. The van der Waals surface area contributed by atoms with Crippen LogP contribution >= 0.6 is 31.9 Å². The van der Waals surface area contributed by atoms with Gasteiger partial charge in [0.1, 0.15) is 11.5 Å². The monoisotopic (exact) mass is 500 g/mol. The second kappa shape index (κ2) is 9.71. The Bertz CT molecular complexity index is 998. The number of hydrogen-bond acceptors (Lipinski definition) is 3. The summed E-state index contributed by atoms with van der Waals surface area (Å²) in [5.74, 6) is 0.715. The molecule has 28 heavy (non-hydrogen) atoms. The Morgan fingerprint density at radius 3 is 2.39 bits per heavy atom. The molecule has 3 aromatic carbocycles. The molecular formula is C23H18Br2O3. The molecule has 0 fully saturated rings. The van der Waals surface area contributed by atoms with Gasteiger partial charge >= 0.3 is 5.97 Å². The highest BCUT2D eigenvalue weighted by atomic mass is 79.9. The first-order chi connectivity index (χ1) is 13.6. The molecule has 3 rings (SSSR count). The van der Waals surface area contributed by atoms with Gasteiger partial charge in [-0.1, -0.05) is 52.3 Å². The van der Waals surface area contributed by atoms with Crippen LogP contribution in [-0.2, 0) is 4.79 Å². The normalized spacial score (nSPS) is 10.8. The lowest BCUT2D eigenvalue weighted by Gasteiger charge is -2.08. The van der Waals surface area contributed by atoms with E-state index in [1.807, 2.05) is 67.6 Å². The number of carbonyl (C=O) groups excluding carboxylic acids is 1. The van der Waals surface area contributed by atoms with Crippen LogP contribution in [0.2, 0.25) is 0 Å². The van der Waals surface area contributed by atoms with Gasteiger partial charge in [0.25, 0.3) is 0 Å². The van der Waals surface area contributed by atoms with Crippen molar-refractivity contribution >= 4 is 43.9 Å². The van der Waals surface area contributed by atoms with Crippen LogP contribution in [0.3, 0.4) is 0 Å². The largest absolute Gasteiger partial charge is 0.493 e. The zero-order valence-electron chi connectivity index (χ0n) is 15.2. The number of rotatable bonds is 6. The molecule has 0 aromatic heterocycles. The summed E-state index contributed by atoms with van der Waals surface area (Å²) < 4.78 is 12.7. The van der Waals surface area contributed by atoms with Crippen LogP contribution in [0, 0.1) is 0 Å². The Morgan fingerprint density at radius 1 is 0.929 bits per heavy atom. The summed E-state index contributed by atoms with van der Waals surface area (Å²) in [6, 6.07) is 21.3. The number of ether oxygens (including phenoxy) is 2. The van der Waals surface area contributed by atoms with Crippen molar-refractivity contribution in [1.29, 1.82) is 0 Å². The molecule has 0 saturated heterocycles. The summed E-state index contributed by atoms with van der Waals surface area (Å²) in [4.78, 5) is 12.3. The molecule has 142 valence electrons. The van der Waals surface area contributed by atoms with Gasteiger partial charge in [-0.05, 0) is 70.4 Å². The first-order valence-electron chi connectivity index (χ1n) is 8.74. The summed E-state index contributed by atoms with van der Waals surface area (Å²) in [7, 11) is 0. The number of esters is 1. The minimum Gasteiger partial charge on any atom is -0.493 e. The highest BCUT2D eigenvalue weighted by Gasteiger charge is 2.08. The Balaban J connectivity index is 1.73. The lowest BCUT2D eigenvalue weighted by Crippen LogP contribution is -2.04. The van der Waals surface area contributed by atoms with Gasteiger partial charge in [-0.15, -0.1) is 0 Å². The van der Waals surface area contributed by atoms with E-state index >= 15 is 0 Å². The van der Waals surface area contributed by atoms with Gasteiger partial charge in [0.05, 0.1) is 11.1 Å². The van der Waals surface area contributed by atoms with E-state index in [1.165, 1.54) is 6.08 Å². The van der Waals surface area contributed by atoms with Crippen molar-refractivity contribution in [1.82, 2.24) is 0 Å². The zero-order valence-corrected chi connectivity index (χ0v) is 18.4. The Kier molecular flexibility index (Phi) is 7.06. The maximum Gasteiger partial charge on any atom is 0.336 e. The molecule has 0 amide bonds. The molecule has 0 unspecified atom stereocenters. The fourth-order valence-electron chi connectivity index (χ4n) is 2.63. The molecule has 0 bridgehead atoms. The molecule has 3 aromatic rings. The summed E-state index contributed by atoms with van der Waals surface area (Å²) in [5.41, 5.74) is 2.93. The summed E-state index contributed by atoms with van der Waals surface area (Å²) in [6.07, 6.45) is 3.08. The van der Waals surface area contributed by atoms with Gasteiger partial charge in [0.2, 0.25) is 0 Å². The number of benzene rings is 3. The second-order valence-corrected chi connectivity index (χ2v) is 7.65. The molecule has 0 N–H and O–H groups in total. The maximum atomic E-state index is 12.3. The summed E-state index contributed by atoms with van der Waals surface area (Å²) in [5, 5.41) is 0. The standard InChI is InChI=1S/C23H18Br2O3/c1-2-27-21-12-10-19(24)14-18(21)9-13-23(26)28-22-11-8-17(15-20(22)25)16-6-4-3-5-7-16/h3-15H,2H2,1H3/b13-9+. The number of hydrogen-bond donors (Lipinski definition) is 0. The molecule has 5 heteroatoms. The predicted octanol–water partition coefficient (Wildman–Crippen LogP) is 6.90. The van der Waals surface area contributed by atoms with Crippen LogP contribution in [0.5, 0.6) is 11.5 Å². The van der Waals surface area contributed by atoms with Gasteiger partial charge in [-0.2, -0.15) is 0 Å². The van der Waals surface area contributed by atoms with Crippen molar-refractivity contribution in [3.05, 3.63) is 87.3 Å². The van der Waals surface area contributed by atoms with Crippen molar-refractivity contribution in [3.63, 3.8) is 0 Å². The third-order valence-electron chi connectivity index (χ3n) is 3.92. The molecule has 0 radical (unpaired) electrons. The van der Waals surface area contributed by atoms with Crippen LogP contribution < -0.4 is 9.47 Å². The fourth-order valence-corrected chi connectivity index (χ4v) is 3.47. The Labute approximate surface area is 181 Å². The zero-order chi connectivity index (χ0) is 19.9. The quantitative estimate of drug-likeness (QED) is 0.209. The lowest BCUT2D eigenvalue weighted by molar-refractivity contribution is -0.128. The van der Waals surface area contributed by atoms with Gasteiger partial charge < -0.3 is 9.47 Å². The average Bonchev–Trinajstić information content (AvgIpc) is 2.70. The molecule has 0 heterocycles. The van der Waals surface area contributed by atoms with Crippen LogP contribution in [0.25, 0.3) is 17.2 Å². The third kappa shape index (κ3) is 5.33. The van der Waals surface area contributed by atoms with Crippen LogP contribution in [-0.4, -0.2) is 12.6 Å². The second-order valence-electron chi connectivity index (χ2n) is 5.88. The van der Waals surface area contributed by atoms with E-state index in [4.69, 9.17) is 9.47 Å². The van der Waals surface area contributed by atoms with Crippen molar-refractivity contribution in [2.45, 2.75) is 6.92 Å². The smallest absolute Gasteiger partial charge is 0.336 e. The molecule has 0 aliphatic heterocycles. The van der Waals surface area contributed by atoms with Crippen molar-refractivity contribution in [3.8, 4) is 22.6 Å². The topological polar surface area (TPSA) is 35.5 Å². The van der Waals surface area contributed by atoms with E-state index in [9.17, 15) is 4.79 Å². The first-order valence-corrected chi connectivity index (χ1v) is 10.3. The van der Waals surface area contributed by atoms with E-state index in [0.717, 1.165) is 21.2 Å². The minimum atomic E-state index is -0.462. The van der Waals surface area contributed by atoms with Crippen LogP contribution in [0.4, 0.5) is 0 Å². The van der Waals surface area contributed by atoms with Gasteiger partial charge in [0.15, 0.2) is 0 Å². The predicted molar refractivity (Wildman–Crippen MR) is 120 cm³/mol. The van der Waals surface area contributed by atoms with E-state index in [0.29, 0.717) is 22.6 Å². The van der Waals surface area contributed by atoms with Crippen LogP contribution in [0.1, 0.15) is 12.5 Å². The molecular weight excluding hydrogens is 484 g/mol. The highest BCUT2D eigenvalue weighted by molar-refractivity contribution is 9.10. The lowest BCUT2D eigenvalue weighted by atomic mass is 10.1. The van der Waals surface area contributed by atoms with Crippen molar-refractivity contribution in [2.24, 2.45) is 0 Å². The van der Waals surface area contributed by atoms with Crippen LogP contribution in [0.15, 0.2) is 81.8 Å². The summed E-state index contributed by atoms with van der Waals surface area (Å²) >= 11 is 6.92. The van der Waals surface area contributed by atoms with E-state index in [1.54, 1.807) is 12.1 Å². The fraction of sp³-hybridized carbons (Fsp3) is 0.0870.